The SMILES string of the molecule is Cc1cccc(C(N)CC(=O)O)n1. The molecule has 0 radical (unpaired) electrons. The van der Waals surface area contributed by atoms with Crippen LogP contribution in [-0.4, -0.2) is 16.1 Å². The fourth-order valence-electron chi connectivity index (χ4n) is 1.06. The number of carboxylic acid groups (broad SMARTS) is 1. The number of carbonyl (C=O) groups is 1. The molecule has 70 valence electrons. The van der Waals surface area contributed by atoms with E-state index in [-0.39, 0.29) is 6.42 Å². The number of aromatic nitrogens is 1. The maximum Gasteiger partial charge on any atom is 0.305 e. The van der Waals surface area contributed by atoms with E-state index in [1.807, 2.05) is 19.1 Å². The van der Waals surface area contributed by atoms with Crippen molar-refractivity contribution in [1.29, 1.82) is 0 Å². The lowest BCUT2D eigenvalue weighted by Crippen LogP contribution is -2.16. The van der Waals surface area contributed by atoms with E-state index in [0.717, 1.165) is 5.69 Å². The lowest BCUT2D eigenvalue weighted by Gasteiger charge is -2.08. The maximum absolute atomic E-state index is 10.4. The topological polar surface area (TPSA) is 76.2 Å². The molecule has 0 spiro atoms. The molecule has 0 amide bonds. The molecule has 1 aromatic rings. The van der Waals surface area contributed by atoms with E-state index in [1.165, 1.54) is 0 Å². The van der Waals surface area contributed by atoms with Gasteiger partial charge in [-0.1, -0.05) is 6.07 Å². The van der Waals surface area contributed by atoms with Gasteiger partial charge in [-0.3, -0.25) is 9.78 Å². The first-order valence-electron chi connectivity index (χ1n) is 4.00. The molecule has 4 heteroatoms. The van der Waals surface area contributed by atoms with Crippen molar-refractivity contribution in [3.05, 3.63) is 29.6 Å². The van der Waals surface area contributed by atoms with Crippen molar-refractivity contribution in [2.75, 3.05) is 0 Å². The maximum atomic E-state index is 10.4. The fraction of sp³-hybridized carbons (Fsp3) is 0.333. The van der Waals surface area contributed by atoms with E-state index < -0.39 is 12.0 Å². The van der Waals surface area contributed by atoms with Crippen molar-refractivity contribution < 1.29 is 9.90 Å². The van der Waals surface area contributed by atoms with E-state index in [4.69, 9.17) is 10.8 Å². The summed E-state index contributed by atoms with van der Waals surface area (Å²) in [7, 11) is 0. The third-order valence-corrected chi connectivity index (χ3v) is 1.68. The van der Waals surface area contributed by atoms with Gasteiger partial charge in [-0.25, -0.2) is 0 Å². The Morgan fingerprint density at radius 1 is 1.69 bits per heavy atom. The van der Waals surface area contributed by atoms with Crippen LogP contribution in [0.4, 0.5) is 0 Å². The van der Waals surface area contributed by atoms with Gasteiger partial charge in [0.05, 0.1) is 18.2 Å². The molecule has 0 fully saturated rings. The predicted octanol–water partition coefficient (Wildman–Crippen LogP) is 0.865. The van der Waals surface area contributed by atoms with Gasteiger partial charge in [0.15, 0.2) is 0 Å². The average Bonchev–Trinajstić information content (AvgIpc) is 2.03. The van der Waals surface area contributed by atoms with Crippen LogP contribution < -0.4 is 5.73 Å². The highest BCUT2D eigenvalue weighted by Gasteiger charge is 2.11. The summed E-state index contributed by atoms with van der Waals surface area (Å²) in [4.78, 5) is 14.5. The van der Waals surface area contributed by atoms with E-state index in [9.17, 15) is 4.79 Å². The quantitative estimate of drug-likeness (QED) is 0.723. The Morgan fingerprint density at radius 2 is 2.38 bits per heavy atom. The summed E-state index contributed by atoms with van der Waals surface area (Å²) in [5.41, 5.74) is 7.09. The third-order valence-electron chi connectivity index (χ3n) is 1.68. The molecule has 0 aliphatic rings. The Bertz CT molecular complexity index is 312. The highest BCUT2D eigenvalue weighted by molar-refractivity contribution is 5.67. The molecule has 0 saturated carbocycles. The molecule has 0 bridgehead atoms. The smallest absolute Gasteiger partial charge is 0.305 e. The average molecular weight is 180 g/mol. The normalized spacial score (nSPS) is 12.5. The Morgan fingerprint density at radius 3 is 2.92 bits per heavy atom. The lowest BCUT2D eigenvalue weighted by molar-refractivity contribution is -0.137. The van der Waals surface area contributed by atoms with Crippen LogP contribution in [0, 0.1) is 6.92 Å². The Labute approximate surface area is 76.4 Å². The van der Waals surface area contributed by atoms with E-state index in [1.54, 1.807) is 6.07 Å². The van der Waals surface area contributed by atoms with Crippen molar-refractivity contribution >= 4 is 5.97 Å². The summed E-state index contributed by atoms with van der Waals surface area (Å²) in [6.45, 7) is 1.84. The third kappa shape index (κ3) is 2.83. The molecule has 1 unspecified atom stereocenters. The number of nitrogens with two attached hydrogens (primary N) is 1. The standard InChI is InChI=1S/C9H12N2O2/c1-6-3-2-4-8(11-6)7(10)5-9(12)13/h2-4,7H,5,10H2,1H3,(H,12,13). The minimum atomic E-state index is -0.907. The number of aliphatic carboxylic acids is 1. The Kier molecular flexibility index (Phi) is 2.97. The highest BCUT2D eigenvalue weighted by atomic mass is 16.4. The molecule has 0 aliphatic heterocycles. The number of hydrogen-bond acceptors (Lipinski definition) is 3. The number of pyridine rings is 1. The number of aryl methyl sites for hydroxylation is 1. The number of hydrogen-bond donors (Lipinski definition) is 2. The van der Waals surface area contributed by atoms with Crippen LogP contribution in [0.3, 0.4) is 0 Å². The molecule has 4 nitrogen and oxygen atoms in total. The zero-order chi connectivity index (χ0) is 9.84. The molecule has 0 saturated heterocycles. The molecular formula is C9H12N2O2. The summed E-state index contributed by atoms with van der Waals surface area (Å²) in [6, 6.07) is 4.88. The van der Waals surface area contributed by atoms with Crippen LogP contribution in [0.25, 0.3) is 0 Å². The van der Waals surface area contributed by atoms with Gasteiger partial charge in [-0.05, 0) is 19.1 Å². The highest BCUT2D eigenvalue weighted by Crippen LogP contribution is 2.11. The molecule has 1 aromatic heterocycles. The van der Waals surface area contributed by atoms with E-state index >= 15 is 0 Å². The summed E-state index contributed by atoms with van der Waals surface area (Å²) in [6.07, 6.45) is -0.0869. The zero-order valence-electron chi connectivity index (χ0n) is 7.40. The van der Waals surface area contributed by atoms with Crippen LogP contribution >= 0.6 is 0 Å². The minimum Gasteiger partial charge on any atom is -0.481 e. The summed E-state index contributed by atoms with van der Waals surface area (Å²) >= 11 is 0. The second-order valence-corrected chi connectivity index (χ2v) is 2.91. The summed E-state index contributed by atoms with van der Waals surface area (Å²) in [5.74, 6) is -0.907. The van der Waals surface area contributed by atoms with Crippen molar-refractivity contribution in [3.8, 4) is 0 Å². The molecule has 13 heavy (non-hydrogen) atoms. The van der Waals surface area contributed by atoms with Gasteiger partial charge in [0.1, 0.15) is 0 Å². The van der Waals surface area contributed by atoms with Crippen molar-refractivity contribution in [3.63, 3.8) is 0 Å². The first kappa shape index (κ1) is 9.67. The molecule has 3 N–H and O–H groups in total. The van der Waals surface area contributed by atoms with Crippen LogP contribution in [0.2, 0.25) is 0 Å². The molecule has 1 heterocycles. The van der Waals surface area contributed by atoms with Crippen LogP contribution in [0.1, 0.15) is 23.9 Å². The van der Waals surface area contributed by atoms with Crippen LogP contribution in [0.15, 0.2) is 18.2 Å². The van der Waals surface area contributed by atoms with E-state index in [2.05, 4.69) is 4.98 Å². The lowest BCUT2D eigenvalue weighted by atomic mass is 10.1. The van der Waals surface area contributed by atoms with Crippen molar-refractivity contribution in [1.82, 2.24) is 4.98 Å². The molecule has 0 aromatic carbocycles. The molecule has 1 atom stereocenters. The van der Waals surface area contributed by atoms with Crippen LogP contribution in [-0.2, 0) is 4.79 Å². The van der Waals surface area contributed by atoms with Crippen molar-refractivity contribution in [2.24, 2.45) is 5.73 Å². The second kappa shape index (κ2) is 4.00. The van der Waals surface area contributed by atoms with Gasteiger partial charge >= 0.3 is 5.97 Å². The van der Waals surface area contributed by atoms with Crippen LogP contribution in [0.5, 0.6) is 0 Å². The fourth-order valence-corrected chi connectivity index (χ4v) is 1.06. The molecule has 0 aliphatic carbocycles. The first-order chi connectivity index (χ1) is 6.09. The second-order valence-electron chi connectivity index (χ2n) is 2.91. The van der Waals surface area contributed by atoms with Gasteiger partial charge in [0, 0.05) is 5.69 Å². The monoisotopic (exact) mass is 180 g/mol. The van der Waals surface area contributed by atoms with Crippen molar-refractivity contribution in [2.45, 2.75) is 19.4 Å². The van der Waals surface area contributed by atoms with Gasteiger partial charge in [-0.15, -0.1) is 0 Å². The summed E-state index contributed by atoms with van der Waals surface area (Å²) in [5, 5.41) is 8.51. The van der Waals surface area contributed by atoms with Gasteiger partial charge < -0.3 is 10.8 Å². The first-order valence-corrected chi connectivity index (χ1v) is 4.00. The Balaban J connectivity index is 2.76. The largest absolute Gasteiger partial charge is 0.481 e. The van der Waals surface area contributed by atoms with E-state index in [0.29, 0.717) is 5.69 Å². The summed E-state index contributed by atoms with van der Waals surface area (Å²) < 4.78 is 0. The van der Waals surface area contributed by atoms with Gasteiger partial charge in [-0.2, -0.15) is 0 Å². The Hall–Kier alpha value is -1.42. The molecule has 1 rings (SSSR count). The zero-order valence-corrected chi connectivity index (χ0v) is 7.40. The predicted molar refractivity (Wildman–Crippen MR) is 48.2 cm³/mol. The molecular weight excluding hydrogens is 168 g/mol. The van der Waals surface area contributed by atoms with Gasteiger partial charge in [0.2, 0.25) is 0 Å². The minimum absolute atomic E-state index is 0.0869. The van der Waals surface area contributed by atoms with Gasteiger partial charge in [0.25, 0.3) is 0 Å². The number of nitrogens with zero attached hydrogens (tertiary/aromatic N) is 1. The number of carboxylic acids is 1. The number of rotatable bonds is 3.